The van der Waals surface area contributed by atoms with Crippen LogP contribution >= 0.6 is 0 Å². The SMILES string of the molecule is CCC(C)(OC)C(=O)N1CCCCC1C1CCCC1=O. The predicted octanol–water partition coefficient (Wildman–Crippen LogP) is 2.55. The van der Waals surface area contributed by atoms with Gasteiger partial charge >= 0.3 is 0 Å². The Kier molecular flexibility index (Phi) is 4.84. The van der Waals surface area contributed by atoms with Crippen LogP contribution in [0.1, 0.15) is 58.8 Å². The van der Waals surface area contributed by atoms with Gasteiger partial charge in [-0.05, 0) is 45.4 Å². The molecule has 0 bridgehead atoms. The molecule has 4 nitrogen and oxygen atoms in total. The summed E-state index contributed by atoms with van der Waals surface area (Å²) < 4.78 is 5.46. The first-order valence-corrected chi connectivity index (χ1v) is 7.92. The number of ether oxygens (including phenoxy) is 1. The maximum atomic E-state index is 12.8. The molecule has 3 unspecified atom stereocenters. The zero-order valence-electron chi connectivity index (χ0n) is 13.0. The number of Topliss-reactive ketones (excluding diaryl/α,β-unsaturated/α-hetero) is 1. The highest BCUT2D eigenvalue weighted by Gasteiger charge is 2.43. The molecule has 0 spiro atoms. The number of nitrogens with zero attached hydrogens (tertiary/aromatic N) is 1. The summed E-state index contributed by atoms with van der Waals surface area (Å²) in [5.74, 6) is 0.481. The smallest absolute Gasteiger partial charge is 0.254 e. The molecule has 114 valence electrons. The molecule has 1 heterocycles. The lowest BCUT2D eigenvalue weighted by Gasteiger charge is -2.42. The summed E-state index contributed by atoms with van der Waals surface area (Å²) >= 11 is 0. The van der Waals surface area contributed by atoms with Crippen LogP contribution in [0.25, 0.3) is 0 Å². The Morgan fingerprint density at radius 3 is 2.65 bits per heavy atom. The molecule has 1 saturated carbocycles. The number of amides is 1. The Morgan fingerprint density at radius 1 is 1.35 bits per heavy atom. The molecular formula is C16H27NO3. The first-order chi connectivity index (χ1) is 9.53. The van der Waals surface area contributed by atoms with E-state index in [1.54, 1.807) is 7.11 Å². The normalized spacial score (nSPS) is 30.4. The number of methoxy groups -OCH3 is 1. The summed E-state index contributed by atoms with van der Waals surface area (Å²) in [6.45, 7) is 4.60. The molecule has 20 heavy (non-hydrogen) atoms. The van der Waals surface area contributed by atoms with Gasteiger partial charge in [0.15, 0.2) is 0 Å². The Bertz CT molecular complexity index is 376. The van der Waals surface area contributed by atoms with Crippen molar-refractivity contribution in [2.75, 3.05) is 13.7 Å². The van der Waals surface area contributed by atoms with Crippen molar-refractivity contribution in [3.8, 4) is 0 Å². The third-order valence-corrected chi connectivity index (χ3v) is 5.20. The van der Waals surface area contributed by atoms with E-state index >= 15 is 0 Å². The molecule has 2 aliphatic rings. The van der Waals surface area contributed by atoms with Gasteiger partial charge in [-0.15, -0.1) is 0 Å². The fraction of sp³-hybridized carbons (Fsp3) is 0.875. The number of hydrogen-bond donors (Lipinski definition) is 0. The molecular weight excluding hydrogens is 254 g/mol. The minimum atomic E-state index is -0.753. The number of carbonyl (C=O) groups is 2. The van der Waals surface area contributed by atoms with Crippen molar-refractivity contribution in [1.82, 2.24) is 4.90 Å². The fourth-order valence-electron chi connectivity index (χ4n) is 3.56. The van der Waals surface area contributed by atoms with Crippen molar-refractivity contribution >= 4 is 11.7 Å². The lowest BCUT2D eigenvalue weighted by molar-refractivity contribution is -0.159. The molecule has 0 aromatic rings. The van der Waals surface area contributed by atoms with Gasteiger partial charge in [0.25, 0.3) is 5.91 Å². The van der Waals surface area contributed by atoms with Crippen LogP contribution in [0.15, 0.2) is 0 Å². The minimum Gasteiger partial charge on any atom is -0.369 e. The number of piperidine rings is 1. The van der Waals surface area contributed by atoms with Crippen molar-refractivity contribution in [3.63, 3.8) is 0 Å². The summed E-state index contributed by atoms with van der Waals surface area (Å²) in [6.07, 6.45) is 6.40. The van der Waals surface area contributed by atoms with E-state index in [0.717, 1.165) is 38.6 Å². The molecule has 2 fully saturated rings. The minimum absolute atomic E-state index is 0.0619. The van der Waals surface area contributed by atoms with Gasteiger partial charge in [0.05, 0.1) is 0 Å². The summed E-state index contributed by atoms with van der Waals surface area (Å²) in [7, 11) is 1.60. The van der Waals surface area contributed by atoms with Crippen LogP contribution in [-0.2, 0) is 14.3 Å². The second-order valence-corrected chi connectivity index (χ2v) is 6.32. The van der Waals surface area contributed by atoms with Gasteiger partial charge in [-0.3, -0.25) is 9.59 Å². The average Bonchev–Trinajstić information content (AvgIpc) is 2.91. The second kappa shape index (κ2) is 6.25. The van der Waals surface area contributed by atoms with E-state index in [0.29, 0.717) is 18.6 Å². The molecule has 4 heteroatoms. The molecule has 1 aliphatic carbocycles. The van der Waals surface area contributed by atoms with Crippen molar-refractivity contribution in [1.29, 1.82) is 0 Å². The fourth-order valence-corrected chi connectivity index (χ4v) is 3.56. The van der Waals surface area contributed by atoms with Crippen LogP contribution in [0.2, 0.25) is 0 Å². The van der Waals surface area contributed by atoms with Crippen LogP contribution in [0.5, 0.6) is 0 Å². The van der Waals surface area contributed by atoms with Crippen molar-refractivity contribution in [2.45, 2.75) is 70.4 Å². The highest BCUT2D eigenvalue weighted by atomic mass is 16.5. The first-order valence-electron chi connectivity index (χ1n) is 7.92. The summed E-state index contributed by atoms with van der Waals surface area (Å²) in [5.41, 5.74) is -0.753. The van der Waals surface area contributed by atoms with Crippen molar-refractivity contribution in [2.24, 2.45) is 5.92 Å². The van der Waals surface area contributed by atoms with Crippen LogP contribution in [0.3, 0.4) is 0 Å². The van der Waals surface area contributed by atoms with E-state index in [4.69, 9.17) is 4.74 Å². The molecule has 0 N–H and O–H groups in total. The van der Waals surface area contributed by atoms with E-state index in [9.17, 15) is 9.59 Å². The number of carbonyl (C=O) groups excluding carboxylic acids is 2. The third-order valence-electron chi connectivity index (χ3n) is 5.20. The Labute approximate surface area is 121 Å². The Morgan fingerprint density at radius 2 is 2.10 bits per heavy atom. The second-order valence-electron chi connectivity index (χ2n) is 6.32. The quantitative estimate of drug-likeness (QED) is 0.795. The monoisotopic (exact) mass is 281 g/mol. The standard InChI is InChI=1S/C16H27NO3/c1-4-16(2,20-3)15(19)17-11-6-5-9-13(17)12-8-7-10-14(12)18/h12-13H,4-11H2,1-3H3. The molecule has 0 radical (unpaired) electrons. The lowest BCUT2D eigenvalue weighted by atomic mass is 9.86. The van der Waals surface area contributed by atoms with Gasteiger partial charge in [0.2, 0.25) is 0 Å². The highest BCUT2D eigenvalue weighted by molar-refractivity contribution is 5.87. The lowest BCUT2D eigenvalue weighted by Crippen LogP contribution is -2.56. The van der Waals surface area contributed by atoms with E-state index in [2.05, 4.69) is 0 Å². The van der Waals surface area contributed by atoms with Crippen LogP contribution in [0.4, 0.5) is 0 Å². The molecule has 1 saturated heterocycles. The molecule has 0 aromatic carbocycles. The topological polar surface area (TPSA) is 46.6 Å². The van der Waals surface area contributed by atoms with Gasteiger partial charge < -0.3 is 9.64 Å². The zero-order chi connectivity index (χ0) is 14.8. The zero-order valence-corrected chi connectivity index (χ0v) is 13.0. The molecule has 0 aromatic heterocycles. The summed E-state index contributed by atoms with van der Waals surface area (Å²) in [4.78, 5) is 26.9. The molecule has 1 amide bonds. The number of ketones is 1. The van der Waals surface area contributed by atoms with Crippen molar-refractivity contribution in [3.05, 3.63) is 0 Å². The third kappa shape index (κ3) is 2.76. The predicted molar refractivity (Wildman–Crippen MR) is 77.4 cm³/mol. The Balaban J connectivity index is 2.18. The van der Waals surface area contributed by atoms with E-state index < -0.39 is 5.60 Å². The van der Waals surface area contributed by atoms with Crippen LogP contribution < -0.4 is 0 Å². The molecule has 2 rings (SSSR count). The van der Waals surface area contributed by atoms with E-state index in [-0.39, 0.29) is 17.9 Å². The maximum absolute atomic E-state index is 12.8. The number of hydrogen-bond acceptors (Lipinski definition) is 3. The number of likely N-dealkylation sites (tertiary alicyclic amines) is 1. The van der Waals surface area contributed by atoms with E-state index in [1.807, 2.05) is 18.7 Å². The first kappa shape index (κ1) is 15.5. The summed E-state index contributed by atoms with van der Waals surface area (Å²) in [6, 6.07) is 0.104. The summed E-state index contributed by atoms with van der Waals surface area (Å²) in [5, 5.41) is 0. The van der Waals surface area contributed by atoms with Gasteiger partial charge in [0, 0.05) is 32.0 Å². The van der Waals surface area contributed by atoms with Crippen molar-refractivity contribution < 1.29 is 14.3 Å². The Hall–Kier alpha value is -0.900. The van der Waals surface area contributed by atoms with Crippen LogP contribution in [0, 0.1) is 5.92 Å². The van der Waals surface area contributed by atoms with Gasteiger partial charge in [0.1, 0.15) is 11.4 Å². The maximum Gasteiger partial charge on any atom is 0.254 e. The highest BCUT2D eigenvalue weighted by Crippen LogP contribution is 2.34. The van der Waals surface area contributed by atoms with E-state index in [1.165, 1.54) is 0 Å². The van der Waals surface area contributed by atoms with Gasteiger partial charge in [-0.2, -0.15) is 0 Å². The molecule has 3 atom stereocenters. The largest absolute Gasteiger partial charge is 0.369 e. The van der Waals surface area contributed by atoms with Gasteiger partial charge in [-0.1, -0.05) is 6.92 Å². The average molecular weight is 281 g/mol. The number of rotatable bonds is 4. The molecule has 1 aliphatic heterocycles. The van der Waals surface area contributed by atoms with Gasteiger partial charge in [-0.25, -0.2) is 0 Å². The van der Waals surface area contributed by atoms with Crippen LogP contribution in [-0.4, -0.2) is 41.9 Å².